The van der Waals surface area contributed by atoms with Crippen LogP contribution in [0.1, 0.15) is 5.82 Å². The van der Waals surface area contributed by atoms with Crippen LogP contribution in [-0.4, -0.2) is 15.9 Å². The van der Waals surface area contributed by atoms with Gasteiger partial charge in [0.25, 0.3) is 0 Å². The molecule has 3 aromatic rings. The Balaban J connectivity index is 2.09. The Hall–Kier alpha value is -3.05. The highest BCUT2D eigenvalue weighted by Gasteiger charge is 2.11. The highest BCUT2D eigenvalue weighted by molar-refractivity contribution is 5.77. The molecule has 0 aliphatic heterocycles. The summed E-state index contributed by atoms with van der Waals surface area (Å²) < 4.78 is 0. The third-order valence-corrected chi connectivity index (χ3v) is 3.39. The molecule has 0 bridgehead atoms. The molecule has 23 heavy (non-hydrogen) atoms. The van der Waals surface area contributed by atoms with Gasteiger partial charge in [0.1, 0.15) is 5.82 Å². The summed E-state index contributed by atoms with van der Waals surface area (Å²) in [5.41, 5.74) is 5.61. The first-order valence-electron chi connectivity index (χ1n) is 7.24. The molecular formula is C18H16N4O. The summed E-state index contributed by atoms with van der Waals surface area (Å²) in [5.74, 6) is 5.28. The molecule has 1 aromatic heterocycles. The summed E-state index contributed by atoms with van der Waals surface area (Å²) in [6, 6.07) is 21.5. The van der Waals surface area contributed by atoms with Gasteiger partial charge in [0, 0.05) is 11.1 Å². The van der Waals surface area contributed by atoms with Gasteiger partial charge in [-0.2, -0.15) is 0 Å². The molecule has 0 spiro atoms. The SMILES string of the molecule is NNC(=O)Cc1nc(-c2ccccc2)cc(-c2ccccc2)n1. The Kier molecular flexibility index (Phi) is 4.40. The molecule has 0 radical (unpaired) electrons. The number of carbonyl (C=O) groups is 1. The molecule has 0 aliphatic rings. The summed E-state index contributed by atoms with van der Waals surface area (Å²) in [4.78, 5) is 20.5. The molecular weight excluding hydrogens is 288 g/mol. The first-order chi connectivity index (χ1) is 11.3. The van der Waals surface area contributed by atoms with Crippen LogP contribution < -0.4 is 11.3 Å². The summed E-state index contributed by atoms with van der Waals surface area (Å²) >= 11 is 0. The number of hydrogen-bond donors (Lipinski definition) is 2. The third-order valence-electron chi connectivity index (χ3n) is 3.39. The van der Waals surface area contributed by atoms with Gasteiger partial charge in [-0.15, -0.1) is 0 Å². The van der Waals surface area contributed by atoms with Crippen LogP contribution >= 0.6 is 0 Å². The zero-order chi connectivity index (χ0) is 16.1. The molecule has 0 saturated heterocycles. The molecule has 0 atom stereocenters. The molecule has 0 unspecified atom stereocenters. The topological polar surface area (TPSA) is 80.9 Å². The first kappa shape index (κ1) is 14.9. The lowest BCUT2D eigenvalue weighted by Gasteiger charge is -2.08. The van der Waals surface area contributed by atoms with Crippen molar-refractivity contribution < 1.29 is 4.79 Å². The van der Waals surface area contributed by atoms with Gasteiger partial charge >= 0.3 is 0 Å². The fraction of sp³-hybridized carbons (Fsp3) is 0.0556. The van der Waals surface area contributed by atoms with Crippen LogP contribution in [0.15, 0.2) is 66.7 Å². The zero-order valence-corrected chi connectivity index (χ0v) is 12.4. The Morgan fingerprint density at radius 1 is 0.870 bits per heavy atom. The highest BCUT2D eigenvalue weighted by Crippen LogP contribution is 2.23. The minimum absolute atomic E-state index is 0.0387. The smallest absolute Gasteiger partial charge is 0.241 e. The number of carbonyl (C=O) groups excluding carboxylic acids is 1. The highest BCUT2D eigenvalue weighted by atomic mass is 16.2. The van der Waals surface area contributed by atoms with Gasteiger partial charge in [-0.05, 0) is 6.07 Å². The van der Waals surface area contributed by atoms with Crippen molar-refractivity contribution in [3.63, 3.8) is 0 Å². The zero-order valence-electron chi connectivity index (χ0n) is 12.4. The minimum Gasteiger partial charge on any atom is -0.294 e. The number of aromatic nitrogens is 2. The molecule has 0 fully saturated rings. The number of benzene rings is 2. The lowest BCUT2D eigenvalue weighted by Crippen LogP contribution is -2.32. The van der Waals surface area contributed by atoms with Gasteiger partial charge in [-0.1, -0.05) is 60.7 Å². The van der Waals surface area contributed by atoms with E-state index in [0.717, 1.165) is 22.5 Å². The van der Waals surface area contributed by atoms with Crippen molar-refractivity contribution in [2.45, 2.75) is 6.42 Å². The van der Waals surface area contributed by atoms with E-state index in [9.17, 15) is 4.79 Å². The Morgan fingerprint density at radius 3 is 1.78 bits per heavy atom. The van der Waals surface area contributed by atoms with E-state index in [-0.39, 0.29) is 12.3 Å². The van der Waals surface area contributed by atoms with Crippen LogP contribution in [0.2, 0.25) is 0 Å². The predicted molar refractivity (Wildman–Crippen MR) is 88.9 cm³/mol. The number of hydrazine groups is 1. The van der Waals surface area contributed by atoms with E-state index in [4.69, 9.17) is 5.84 Å². The van der Waals surface area contributed by atoms with Crippen LogP contribution in [0.4, 0.5) is 0 Å². The van der Waals surface area contributed by atoms with Gasteiger partial charge < -0.3 is 0 Å². The summed E-state index contributed by atoms with van der Waals surface area (Å²) in [6.45, 7) is 0. The third kappa shape index (κ3) is 3.59. The van der Waals surface area contributed by atoms with Crippen molar-refractivity contribution in [1.29, 1.82) is 0 Å². The second kappa shape index (κ2) is 6.81. The molecule has 5 nitrogen and oxygen atoms in total. The monoisotopic (exact) mass is 304 g/mol. The van der Waals surface area contributed by atoms with Gasteiger partial charge in [0.05, 0.1) is 17.8 Å². The molecule has 1 amide bonds. The molecule has 0 aliphatic carbocycles. The lowest BCUT2D eigenvalue weighted by molar-refractivity contribution is -0.120. The number of rotatable bonds is 4. The van der Waals surface area contributed by atoms with E-state index in [2.05, 4.69) is 15.4 Å². The van der Waals surface area contributed by atoms with Crippen molar-refractivity contribution in [1.82, 2.24) is 15.4 Å². The quantitative estimate of drug-likeness (QED) is 0.440. The maximum absolute atomic E-state index is 11.6. The van der Waals surface area contributed by atoms with Crippen molar-refractivity contribution in [2.75, 3.05) is 0 Å². The number of nitrogens with two attached hydrogens (primary N) is 1. The van der Waals surface area contributed by atoms with Crippen LogP contribution in [0.3, 0.4) is 0 Å². The van der Waals surface area contributed by atoms with Gasteiger partial charge in [0.2, 0.25) is 5.91 Å². The predicted octanol–water partition coefficient (Wildman–Crippen LogP) is 2.34. The number of nitrogens with zero attached hydrogens (tertiary/aromatic N) is 2. The molecule has 114 valence electrons. The molecule has 3 rings (SSSR count). The average Bonchev–Trinajstić information content (AvgIpc) is 2.63. The second-order valence-electron chi connectivity index (χ2n) is 5.03. The molecule has 2 aromatic carbocycles. The number of nitrogens with one attached hydrogen (secondary N) is 1. The summed E-state index contributed by atoms with van der Waals surface area (Å²) in [6.07, 6.45) is 0.0387. The first-order valence-corrected chi connectivity index (χ1v) is 7.24. The molecule has 1 heterocycles. The van der Waals surface area contributed by atoms with Crippen molar-refractivity contribution in [3.8, 4) is 22.5 Å². The van der Waals surface area contributed by atoms with E-state index in [0.29, 0.717) is 5.82 Å². The van der Waals surface area contributed by atoms with Crippen molar-refractivity contribution in [3.05, 3.63) is 72.6 Å². The Morgan fingerprint density at radius 2 is 1.35 bits per heavy atom. The minimum atomic E-state index is -0.325. The Labute approximate surface area is 134 Å². The standard InChI is InChI=1S/C18H16N4O/c19-22-18(23)12-17-20-15(13-7-3-1-4-8-13)11-16(21-17)14-9-5-2-6-10-14/h1-11H,12,19H2,(H,22,23). The van der Waals surface area contributed by atoms with Crippen LogP contribution in [0.5, 0.6) is 0 Å². The maximum atomic E-state index is 11.6. The fourth-order valence-corrected chi connectivity index (χ4v) is 2.28. The normalized spacial score (nSPS) is 10.3. The van der Waals surface area contributed by atoms with Crippen LogP contribution in [0.25, 0.3) is 22.5 Å². The second-order valence-corrected chi connectivity index (χ2v) is 5.03. The number of amides is 1. The van der Waals surface area contributed by atoms with E-state index in [1.807, 2.05) is 66.7 Å². The fourth-order valence-electron chi connectivity index (χ4n) is 2.28. The van der Waals surface area contributed by atoms with Crippen molar-refractivity contribution in [2.24, 2.45) is 5.84 Å². The lowest BCUT2D eigenvalue weighted by atomic mass is 10.1. The maximum Gasteiger partial charge on any atom is 0.241 e. The van der Waals surface area contributed by atoms with Gasteiger partial charge in [0.15, 0.2) is 0 Å². The van der Waals surface area contributed by atoms with E-state index < -0.39 is 0 Å². The largest absolute Gasteiger partial charge is 0.294 e. The summed E-state index contributed by atoms with van der Waals surface area (Å²) in [7, 11) is 0. The van der Waals surface area contributed by atoms with Crippen molar-refractivity contribution >= 4 is 5.91 Å². The molecule has 5 heteroatoms. The van der Waals surface area contributed by atoms with E-state index in [1.165, 1.54) is 0 Å². The van der Waals surface area contributed by atoms with E-state index >= 15 is 0 Å². The molecule has 3 N–H and O–H groups in total. The Bertz CT molecular complexity index is 746. The molecule has 0 saturated carbocycles. The van der Waals surface area contributed by atoms with Gasteiger partial charge in [-0.25, -0.2) is 15.8 Å². The van der Waals surface area contributed by atoms with Crippen LogP contribution in [0, 0.1) is 0 Å². The number of hydrogen-bond acceptors (Lipinski definition) is 4. The summed E-state index contributed by atoms with van der Waals surface area (Å²) in [5, 5.41) is 0. The van der Waals surface area contributed by atoms with Gasteiger partial charge in [-0.3, -0.25) is 10.2 Å². The van der Waals surface area contributed by atoms with E-state index in [1.54, 1.807) is 0 Å². The van der Waals surface area contributed by atoms with Crippen LogP contribution in [-0.2, 0) is 11.2 Å². The average molecular weight is 304 g/mol.